The second-order valence-corrected chi connectivity index (χ2v) is 8.55. The fourth-order valence-corrected chi connectivity index (χ4v) is 4.67. The summed E-state index contributed by atoms with van der Waals surface area (Å²) in [6.45, 7) is 4.71. The van der Waals surface area contributed by atoms with Gasteiger partial charge in [0.2, 0.25) is 0 Å². The zero-order valence-corrected chi connectivity index (χ0v) is 17.3. The molecule has 6 heteroatoms. The van der Waals surface area contributed by atoms with Crippen LogP contribution in [0.2, 0.25) is 0 Å². The van der Waals surface area contributed by atoms with Gasteiger partial charge in [-0.05, 0) is 50.3 Å². The van der Waals surface area contributed by atoms with Crippen molar-refractivity contribution in [1.29, 1.82) is 0 Å². The van der Waals surface area contributed by atoms with Gasteiger partial charge in [-0.15, -0.1) is 0 Å². The Kier molecular flexibility index (Phi) is 4.64. The average Bonchev–Trinajstić information content (AvgIpc) is 3.43. The number of hydrogen-bond acceptors (Lipinski definition) is 3. The number of hydrogen-bond donors (Lipinski definition) is 0. The molecule has 1 aliphatic heterocycles. The zero-order valence-electron chi connectivity index (χ0n) is 17.3. The lowest BCUT2D eigenvalue weighted by molar-refractivity contribution is 0.0692. The van der Waals surface area contributed by atoms with Gasteiger partial charge in [-0.1, -0.05) is 19.1 Å². The molecule has 1 aromatic carbocycles. The molecule has 3 aromatic rings. The van der Waals surface area contributed by atoms with Crippen molar-refractivity contribution in [2.75, 3.05) is 13.1 Å². The van der Waals surface area contributed by atoms with Gasteiger partial charge in [0.1, 0.15) is 11.5 Å². The molecule has 29 heavy (non-hydrogen) atoms. The molecule has 0 N–H and O–H groups in total. The van der Waals surface area contributed by atoms with E-state index >= 15 is 0 Å². The fraction of sp³-hybridized carbons (Fsp3) is 0.522. The number of amides is 1. The quantitative estimate of drug-likeness (QED) is 0.659. The number of benzene rings is 1. The summed E-state index contributed by atoms with van der Waals surface area (Å²) in [7, 11) is 1.89. The van der Waals surface area contributed by atoms with Crippen LogP contribution < -0.4 is 0 Å². The minimum Gasteiger partial charge on any atom is -0.337 e. The minimum absolute atomic E-state index is 0.106. The van der Waals surface area contributed by atoms with Crippen LogP contribution in [0.4, 0.5) is 0 Å². The maximum absolute atomic E-state index is 13.3. The lowest BCUT2D eigenvalue weighted by Gasteiger charge is -2.32. The number of aryl methyl sites for hydroxylation is 2. The van der Waals surface area contributed by atoms with Gasteiger partial charge in [-0.25, -0.2) is 4.98 Å². The highest BCUT2D eigenvalue weighted by Crippen LogP contribution is 2.39. The van der Waals surface area contributed by atoms with Gasteiger partial charge in [-0.3, -0.25) is 9.48 Å². The van der Waals surface area contributed by atoms with Crippen LogP contribution in [-0.2, 0) is 13.6 Å². The highest BCUT2D eigenvalue weighted by atomic mass is 16.2. The molecule has 6 nitrogen and oxygen atoms in total. The monoisotopic (exact) mass is 391 g/mol. The maximum atomic E-state index is 13.3. The van der Waals surface area contributed by atoms with Gasteiger partial charge >= 0.3 is 0 Å². The highest BCUT2D eigenvalue weighted by Gasteiger charge is 2.32. The van der Waals surface area contributed by atoms with Crippen LogP contribution in [0.15, 0.2) is 30.3 Å². The Morgan fingerprint density at radius 3 is 2.79 bits per heavy atom. The number of para-hydroxylation sites is 2. The highest BCUT2D eigenvalue weighted by molar-refractivity contribution is 5.93. The number of carbonyl (C=O) groups excluding carboxylic acids is 1. The third-order valence-electron chi connectivity index (χ3n) is 6.32. The van der Waals surface area contributed by atoms with Gasteiger partial charge in [-0.2, -0.15) is 5.10 Å². The van der Waals surface area contributed by atoms with Crippen molar-refractivity contribution in [2.24, 2.45) is 7.05 Å². The van der Waals surface area contributed by atoms with Gasteiger partial charge < -0.3 is 9.47 Å². The van der Waals surface area contributed by atoms with Crippen LogP contribution >= 0.6 is 0 Å². The van der Waals surface area contributed by atoms with Crippen molar-refractivity contribution in [3.05, 3.63) is 47.5 Å². The molecule has 5 rings (SSSR count). The molecular formula is C23H29N5O. The van der Waals surface area contributed by atoms with Crippen molar-refractivity contribution in [3.63, 3.8) is 0 Å². The predicted molar refractivity (Wildman–Crippen MR) is 113 cm³/mol. The van der Waals surface area contributed by atoms with Gasteiger partial charge in [0.25, 0.3) is 5.91 Å². The summed E-state index contributed by atoms with van der Waals surface area (Å²) in [5, 5.41) is 4.59. The first-order chi connectivity index (χ1) is 14.2. The Hall–Kier alpha value is -2.63. The third kappa shape index (κ3) is 3.34. The number of nitrogens with zero attached hydrogens (tertiary/aromatic N) is 5. The minimum atomic E-state index is 0.106. The Morgan fingerprint density at radius 2 is 2.00 bits per heavy atom. The first-order valence-corrected chi connectivity index (χ1v) is 10.9. The molecule has 0 bridgehead atoms. The summed E-state index contributed by atoms with van der Waals surface area (Å²) in [4.78, 5) is 20.3. The number of carbonyl (C=O) groups is 1. The topological polar surface area (TPSA) is 56.0 Å². The molecule has 0 spiro atoms. The number of imidazole rings is 1. The van der Waals surface area contributed by atoms with Crippen LogP contribution in [0, 0.1) is 0 Å². The third-order valence-corrected chi connectivity index (χ3v) is 6.32. The predicted octanol–water partition coefficient (Wildman–Crippen LogP) is 4.08. The van der Waals surface area contributed by atoms with Crippen LogP contribution in [0.3, 0.4) is 0 Å². The summed E-state index contributed by atoms with van der Waals surface area (Å²) in [6.07, 6.45) is 5.56. The summed E-state index contributed by atoms with van der Waals surface area (Å²) >= 11 is 0. The first-order valence-electron chi connectivity index (χ1n) is 10.9. The number of rotatable bonds is 5. The molecule has 2 aromatic heterocycles. The fourth-order valence-electron chi connectivity index (χ4n) is 4.67. The van der Waals surface area contributed by atoms with E-state index in [0.717, 1.165) is 61.6 Å². The summed E-state index contributed by atoms with van der Waals surface area (Å²) in [6, 6.07) is 10.4. The SMILES string of the molecule is CCCn1c(C2CCCN(C(=O)c3cc(C4CC4)nn3C)C2)nc2ccccc21. The van der Waals surface area contributed by atoms with Crippen molar-refractivity contribution in [3.8, 4) is 0 Å². The summed E-state index contributed by atoms with van der Waals surface area (Å²) < 4.78 is 4.13. The Labute approximate surface area is 171 Å². The Balaban J connectivity index is 1.41. The second-order valence-electron chi connectivity index (χ2n) is 8.55. The molecule has 1 aliphatic carbocycles. The van der Waals surface area contributed by atoms with E-state index in [1.165, 1.54) is 18.4 Å². The van der Waals surface area contributed by atoms with Crippen LogP contribution in [0.25, 0.3) is 11.0 Å². The number of piperidine rings is 1. The van der Waals surface area contributed by atoms with Crippen molar-refractivity contribution >= 4 is 16.9 Å². The maximum Gasteiger partial charge on any atom is 0.272 e. The molecule has 1 atom stereocenters. The molecule has 3 heterocycles. The average molecular weight is 392 g/mol. The van der Waals surface area contributed by atoms with Crippen molar-refractivity contribution in [2.45, 2.75) is 57.4 Å². The van der Waals surface area contributed by atoms with Gasteiger partial charge in [0, 0.05) is 38.5 Å². The van der Waals surface area contributed by atoms with Crippen LogP contribution in [0.1, 0.15) is 72.9 Å². The lowest BCUT2D eigenvalue weighted by atomic mass is 9.96. The number of fused-ring (bicyclic) bond motifs is 1. The number of likely N-dealkylation sites (tertiary alicyclic amines) is 1. The Bertz CT molecular complexity index is 1040. The summed E-state index contributed by atoms with van der Waals surface area (Å²) in [5.74, 6) is 2.08. The van der Waals surface area contributed by atoms with E-state index in [2.05, 4.69) is 34.8 Å². The second kappa shape index (κ2) is 7.32. The molecule has 1 unspecified atom stereocenters. The van der Waals surface area contributed by atoms with Crippen molar-refractivity contribution < 1.29 is 4.79 Å². The molecule has 152 valence electrons. The molecule has 1 amide bonds. The van der Waals surface area contributed by atoms with E-state index in [4.69, 9.17) is 4.98 Å². The molecule has 2 aliphatic rings. The normalized spacial score (nSPS) is 19.8. The molecular weight excluding hydrogens is 362 g/mol. The number of aromatic nitrogens is 4. The first kappa shape index (κ1) is 18.4. The van der Waals surface area contributed by atoms with E-state index in [1.807, 2.05) is 24.1 Å². The lowest BCUT2D eigenvalue weighted by Crippen LogP contribution is -2.40. The molecule has 2 fully saturated rings. The smallest absolute Gasteiger partial charge is 0.272 e. The van der Waals surface area contributed by atoms with E-state index < -0.39 is 0 Å². The molecule has 0 radical (unpaired) electrons. The molecule has 1 saturated heterocycles. The van der Waals surface area contributed by atoms with Gasteiger partial charge in [0.15, 0.2) is 0 Å². The van der Waals surface area contributed by atoms with Crippen LogP contribution in [-0.4, -0.2) is 43.2 Å². The van der Waals surface area contributed by atoms with Crippen molar-refractivity contribution in [1.82, 2.24) is 24.2 Å². The molecule has 1 saturated carbocycles. The van der Waals surface area contributed by atoms with Gasteiger partial charge in [0.05, 0.1) is 16.7 Å². The van der Waals surface area contributed by atoms with E-state index in [9.17, 15) is 4.79 Å². The zero-order chi connectivity index (χ0) is 20.0. The van der Waals surface area contributed by atoms with E-state index in [0.29, 0.717) is 5.92 Å². The largest absolute Gasteiger partial charge is 0.337 e. The van der Waals surface area contributed by atoms with E-state index in [1.54, 1.807) is 4.68 Å². The Morgan fingerprint density at radius 1 is 1.17 bits per heavy atom. The van der Waals surface area contributed by atoms with E-state index in [-0.39, 0.29) is 11.8 Å². The summed E-state index contributed by atoms with van der Waals surface area (Å²) in [5.41, 5.74) is 4.05. The van der Waals surface area contributed by atoms with Crippen LogP contribution in [0.5, 0.6) is 0 Å². The standard InChI is InChI=1S/C23H29N5O/c1-3-12-28-20-9-5-4-8-18(20)24-22(28)17-7-6-13-27(15-17)23(29)21-14-19(16-10-11-16)25-26(21)2/h4-5,8-9,14,16-17H,3,6-7,10-13,15H2,1-2H3.